The topological polar surface area (TPSA) is 46.5 Å². The number of hydrogen-bond donors (Lipinski definition) is 1. The molecule has 1 N–H and O–H groups in total. The molecule has 1 aromatic carbocycles. The minimum atomic E-state index is -4.84. The van der Waals surface area contributed by atoms with Crippen LogP contribution in [-0.2, 0) is 11.2 Å². The van der Waals surface area contributed by atoms with E-state index in [9.17, 15) is 23.1 Å². The van der Waals surface area contributed by atoms with Crippen molar-refractivity contribution < 1.29 is 27.8 Å². The molecule has 0 aliphatic rings. The van der Waals surface area contributed by atoms with Crippen molar-refractivity contribution in [1.29, 1.82) is 0 Å². The number of alkyl halides is 3. The highest BCUT2D eigenvalue weighted by Gasteiger charge is 2.37. The van der Waals surface area contributed by atoms with Gasteiger partial charge in [0.1, 0.15) is 0 Å². The van der Waals surface area contributed by atoms with Crippen LogP contribution in [0.3, 0.4) is 0 Å². The van der Waals surface area contributed by atoms with E-state index in [0.717, 1.165) is 0 Å². The number of benzene rings is 1. The normalized spacial score (nSPS) is 11.2. The molecular formula is C10H9F3O3. The van der Waals surface area contributed by atoms with Crippen LogP contribution < -0.4 is 4.74 Å². The van der Waals surface area contributed by atoms with Crippen LogP contribution >= 0.6 is 0 Å². The summed E-state index contributed by atoms with van der Waals surface area (Å²) in [4.78, 5) is 10.7. The van der Waals surface area contributed by atoms with E-state index >= 15 is 0 Å². The average molecular weight is 234 g/mol. The largest absolute Gasteiger partial charge is 0.504 e. The van der Waals surface area contributed by atoms with E-state index in [1.807, 2.05) is 0 Å². The van der Waals surface area contributed by atoms with Gasteiger partial charge in [-0.05, 0) is 17.7 Å². The Morgan fingerprint density at radius 3 is 2.56 bits per heavy atom. The summed E-state index contributed by atoms with van der Waals surface area (Å²) in [5, 5.41) is 9.20. The van der Waals surface area contributed by atoms with E-state index in [1.54, 1.807) is 0 Å². The molecule has 88 valence electrons. The van der Waals surface area contributed by atoms with Gasteiger partial charge in [-0.1, -0.05) is 6.07 Å². The lowest BCUT2D eigenvalue weighted by atomic mass is 10.1. The number of rotatable bonds is 3. The standard InChI is InChI=1S/C10H9F3O3/c1-16-8-4-6(2-3-7(8)14)5-9(15)10(11,12)13/h2-4,14H,5H2,1H3. The van der Waals surface area contributed by atoms with E-state index in [2.05, 4.69) is 0 Å². The maximum absolute atomic E-state index is 12.0. The minimum absolute atomic E-state index is 0.0347. The molecule has 1 aromatic rings. The fourth-order valence-corrected chi connectivity index (χ4v) is 1.12. The van der Waals surface area contributed by atoms with E-state index < -0.39 is 18.4 Å². The van der Waals surface area contributed by atoms with Gasteiger partial charge in [-0.15, -0.1) is 0 Å². The van der Waals surface area contributed by atoms with Gasteiger partial charge >= 0.3 is 6.18 Å². The van der Waals surface area contributed by atoms with E-state index in [-0.39, 0.29) is 17.1 Å². The Bertz CT molecular complexity index is 399. The SMILES string of the molecule is COc1cc(CC(=O)C(F)(F)F)ccc1O. The van der Waals surface area contributed by atoms with Crippen LogP contribution in [0.5, 0.6) is 11.5 Å². The number of hydrogen-bond acceptors (Lipinski definition) is 3. The van der Waals surface area contributed by atoms with Crippen LogP contribution in [0.4, 0.5) is 13.2 Å². The first-order chi connectivity index (χ1) is 7.34. The molecule has 0 aliphatic heterocycles. The number of phenols is 1. The Balaban J connectivity index is 2.87. The monoisotopic (exact) mass is 234 g/mol. The van der Waals surface area contributed by atoms with Crippen molar-refractivity contribution in [2.75, 3.05) is 7.11 Å². The van der Waals surface area contributed by atoms with Gasteiger partial charge in [0, 0.05) is 6.42 Å². The zero-order chi connectivity index (χ0) is 12.3. The van der Waals surface area contributed by atoms with Crippen LogP contribution in [0.15, 0.2) is 18.2 Å². The second-order valence-corrected chi connectivity index (χ2v) is 3.10. The Morgan fingerprint density at radius 2 is 2.06 bits per heavy atom. The number of methoxy groups -OCH3 is 1. The summed E-state index contributed by atoms with van der Waals surface area (Å²) in [6.45, 7) is 0. The molecule has 1 rings (SSSR count). The smallest absolute Gasteiger partial charge is 0.450 e. The van der Waals surface area contributed by atoms with Crippen LogP contribution in [0.2, 0.25) is 0 Å². The number of aromatic hydroxyl groups is 1. The van der Waals surface area contributed by atoms with Crippen LogP contribution in [0.25, 0.3) is 0 Å². The summed E-state index contributed by atoms with van der Waals surface area (Å²) in [6.07, 6.45) is -5.61. The third-order valence-corrected chi connectivity index (χ3v) is 1.92. The molecule has 0 spiro atoms. The van der Waals surface area contributed by atoms with Gasteiger partial charge in [0.25, 0.3) is 0 Å². The fourth-order valence-electron chi connectivity index (χ4n) is 1.12. The van der Waals surface area contributed by atoms with E-state index in [1.165, 1.54) is 25.3 Å². The molecule has 0 saturated heterocycles. The summed E-state index contributed by atoms with van der Waals surface area (Å²) in [5.74, 6) is -1.99. The van der Waals surface area contributed by atoms with Gasteiger partial charge in [-0.25, -0.2) is 0 Å². The van der Waals surface area contributed by atoms with Crippen LogP contribution in [0.1, 0.15) is 5.56 Å². The number of halogens is 3. The second kappa shape index (κ2) is 4.42. The lowest BCUT2D eigenvalue weighted by Crippen LogP contribution is -2.24. The van der Waals surface area contributed by atoms with Gasteiger partial charge in [0.15, 0.2) is 11.5 Å². The molecule has 0 aliphatic carbocycles. The van der Waals surface area contributed by atoms with Gasteiger partial charge in [-0.3, -0.25) is 4.79 Å². The van der Waals surface area contributed by atoms with Gasteiger partial charge in [0.05, 0.1) is 7.11 Å². The van der Waals surface area contributed by atoms with Crippen molar-refractivity contribution in [1.82, 2.24) is 0 Å². The summed E-state index contributed by atoms with van der Waals surface area (Å²) in [6, 6.07) is 3.61. The molecular weight excluding hydrogens is 225 g/mol. The molecule has 3 nitrogen and oxygen atoms in total. The second-order valence-electron chi connectivity index (χ2n) is 3.10. The van der Waals surface area contributed by atoms with Crippen LogP contribution in [0, 0.1) is 0 Å². The Kier molecular flexibility index (Phi) is 3.41. The number of ether oxygens (including phenoxy) is 1. The molecule has 0 aromatic heterocycles. The van der Waals surface area contributed by atoms with Crippen molar-refractivity contribution in [2.45, 2.75) is 12.6 Å². The maximum Gasteiger partial charge on any atom is 0.450 e. The lowest BCUT2D eigenvalue weighted by molar-refractivity contribution is -0.170. The van der Waals surface area contributed by atoms with Gasteiger partial charge < -0.3 is 9.84 Å². The third kappa shape index (κ3) is 2.88. The van der Waals surface area contributed by atoms with Crippen molar-refractivity contribution in [3.05, 3.63) is 23.8 Å². The Labute approximate surface area is 89.5 Å². The van der Waals surface area contributed by atoms with Gasteiger partial charge in [-0.2, -0.15) is 13.2 Å². The summed E-state index contributed by atoms with van der Waals surface area (Å²) in [5.41, 5.74) is 0.136. The third-order valence-electron chi connectivity index (χ3n) is 1.92. The number of carbonyl (C=O) groups is 1. The van der Waals surface area contributed by atoms with E-state index in [0.29, 0.717) is 0 Å². The zero-order valence-corrected chi connectivity index (χ0v) is 8.34. The first-order valence-electron chi connectivity index (χ1n) is 4.30. The molecule has 0 radical (unpaired) electrons. The Hall–Kier alpha value is -1.72. The number of ketones is 1. The molecule has 0 bridgehead atoms. The average Bonchev–Trinajstić information content (AvgIpc) is 2.19. The maximum atomic E-state index is 12.0. The highest BCUT2D eigenvalue weighted by molar-refractivity contribution is 5.86. The molecule has 6 heteroatoms. The fraction of sp³-hybridized carbons (Fsp3) is 0.300. The molecule has 0 atom stereocenters. The summed E-state index contributed by atoms with van der Waals surface area (Å²) >= 11 is 0. The molecule has 16 heavy (non-hydrogen) atoms. The summed E-state index contributed by atoms with van der Waals surface area (Å²) < 4.78 is 40.6. The van der Waals surface area contributed by atoms with Crippen molar-refractivity contribution in [3.8, 4) is 11.5 Å². The van der Waals surface area contributed by atoms with Crippen molar-refractivity contribution in [3.63, 3.8) is 0 Å². The molecule has 0 unspecified atom stereocenters. The molecule has 0 amide bonds. The highest BCUT2D eigenvalue weighted by atomic mass is 19.4. The number of carbonyl (C=O) groups excluding carboxylic acids is 1. The number of phenolic OH excluding ortho intramolecular Hbond substituents is 1. The first-order valence-corrected chi connectivity index (χ1v) is 4.30. The minimum Gasteiger partial charge on any atom is -0.504 e. The predicted molar refractivity (Wildman–Crippen MR) is 49.4 cm³/mol. The quantitative estimate of drug-likeness (QED) is 0.870. The van der Waals surface area contributed by atoms with Crippen molar-refractivity contribution >= 4 is 5.78 Å². The van der Waals surface area contributed by atoms with Crippen LogP contribution in [-0.4, -0.2) is 24.2 Å². The lowest BCUT2D eigenvalue weighted by Gasteiger charge is -2.07. The summed E-state index contributed by atoms with van der Waals surface area (Å²) in [7, 11) is 1.27. The number of Topliss-reactive ketones (excluding diaryl/α,β-unsaturated/α-hetero) is 1. The predicted octanol–water partition coefficient (Wildman–Crippen LogP) is 2.07. The van der Waals surface area contributed by atoms with Gasteiger partial charge in [0.2, 0.25) is 5.78 Å². The van der Waals surface area contributed by atoms with E-state index in [4.69, 9.17) is 4.74 Å². The molecule has 0 heterocycles. The van der Waals surface area contributed by atoms with Crippen molar-refractivity contribution in [2.24, 2.45) is 0 Å². The Morgan fingerprint density at radius 1 is 1.44 bits per heavy atom. The zero-order valence-electron chi connectivity index (χ0n) is 8.34. The molecule has 0 fully saturated rings. The first kappa shape index (κ1) is 12.4. The highest BCUT2D eigenvalue weighted by Crippen LogP contribution is 2.27. The molecule has 0 saturated carbocycles.